The number of hydrogen-bond acceptors (Lipinski definition) is 5. The molecule has 7 nitrogen and oxygen atoms in total. The van der Waals surface area contributed by atoms with E-state index in [1.807, 2.05) is 12.1 Å². The largest absolute Gasteiger partial charge is 0.482 e. The van der Waals surface area contributed by atoms with Gasteiger partial charge in [-0.3, -0.25) is 4.79 Å². The van der Waals surface area contributed by atoms with Crippen LogP contribution in [0.15, 0.2) is 47.4 Å². The zero-order chi connectivity index (χ0) is 20.9. The van der Waals surface area contributed by atoms with Crippen molar-refractivity contribution in [1.82, 2.24) is 9.62 Å². The molecule has 2 aromatic rings. The fraction of sp³-hybridized carbons (Fsp3) is 0.316. The van der Waals surface area contributed by atoms with Crippen molar-refractivity contribution >= 4 is 39.1 Å². The van der Waals surface area contributed by atoms with Crippen LogP contribution in [0.4, 0.5) is 0 Å². The SMILES string of the molecule is O=C(COc1ccc(S(=O)(=O)N2CCOCC2)cc1Cl)NCc1ccc(Cl)cc1. The first-order valence-corrected chi connectivity index (χ1v) is 11.1. The second-order valence-electron chi connectivity index (χ2n) is 6.30. The van der Waals surface area contributed by atoms with Gasteiger partial charge in [0.25, 0.3) is 5.91 Å². The fourth-order valence-corrected chi connectivity index (χ4v) is 4.55. The summed E-state index contributed by atoms with van der Waals surface area (Å²) >= 11 is 12.0. The number of halogens is 2. The molecule has 1 amide bonds. The van der Waals surface area contributed by atoms with Gasteiger partial charge in [0.15, 0.2) is 6.61 Å². The molecule has 0 bridgehead atoms. The van der Waals surface area contributed by atoms with E-state index < -0.39 is 10.0 Å². The van der Waals surface area contributed by atoms with E-state index in [0.29, 0.717) is 37.9 Å². The van der Waals surface area contributed by atoms with Crippen molar-refractivity contribution in [3.8, 4) is 5.75 Å². The lowest BCUT2D eigenvalue weighted by Crippen LogP contribution is -2.40. The van der Waals surface area contributed by atoms with Crippen LogP contribution < -0.4 is 10.1 Å². The average molecular weight is 459 g/mol. The van der Waals surface area contributed by atoms with E-state index in [1.165, 1.54) is 22.5 Å². The van der Waals surface area contributed by atoms with E-state index >= 15 is 0 Å². The van der Waals surface area contributed by atoms with Crippen LogP contribution in [0, 0.1) is 0 Å². The maximum absolute atomic E-state index is 12.7. The summed E-state index contributed by atoms with van der Waals surface area (Å²) in [5.74, 6) is -0.102. The summed E-state index contributed by atoms with van der Waals surface area (Å²) in [6.45, 7) is 1.41. The van der Waals surface area contributed by atoms with Crippen LogP contribution in [0.3, 0.4) is 0 Å². The molecule has 0 unspecified atom stereocenters. The summed E-state index contributed by atoms with van der Waals surface area (Å²) in [5, 5.41) is 3.46. The molecule has 2 aromatic carbocycles. The molecule has 29 heavy (non-hydrogen) atoms. The van der Waals surface area contributed by atoms with Crippen molar-refractivity contribution in [1.29, 1.82) is 0 Å². The highest BCUT2D eigenvalue weighted by atomic mass is 35.5. The molecular formula is C19H20Cl2N2O5S. The van der Waals surface area contributed by atoms with E-state index in [1.54, 1.807) is 12.1 Å². The molecule has 156 valence electrons. The molecule has 0 spiro atoms. The average Bonchev–Trinajstić information content (AvgIpc) is 2.73. The normalized spacial score (nSPS) is 15.1. The second kappa shape index (κ2) is 9.77. The summed E-state index contributed by atoms with van der Waals surface area (Å²) in [4.78, 5) is 12.1. The number of amides is 1. The highest BCUT2D eigenvalue weighted by Gasteiger charge is 2.27. The van der Waals surface area contributed by atoms with Crippen LogP contribution in [0.5, 0.6) is 5.75 Å². The molecule has 0 aliphatic carbocycles. The van der Waals surface area contributed by atoms with E-state index in [9.17, 15) is 13.2 Å². The third kappa shape index (κ3) is 5.83. The quantitative estimate of drug-likeness (QED) is 0.689. The summed E-state index contributed by atoms with van der Waals surface area (Å²) < 4.78 is 37.3. The smallest absolute Gasteiger partial charge is 0.258 e. The Morgan fingerprint density at radius 3 is 2.45 bits per heavy atom. The molecule has 1 aliphatic rings. The minimum atomic E-state index is -3.65. The Kier molecular flexibility index (Phi) is 7.37. The number of morpholine rings is 1. The summed E-state index contributed by atoms with van der Waals surface area (Å²) in [5.41, 5.74) is 0.901. The number of benzene rings is 2. The van der Waals surface area contributed by atoms with Gasteiger partial charge in [-0.05, 0) is 35.9 Å². The molecule has 0 atom stereocenters. The first-order chi connectivity index (χ1) is 13.9. The van der Waals surface area contributed by atoms with Crippen molar-refractivity contribution in [2.24, 2.45) is 0 Å². The Hall–Kier alpha value is -1.84. The van der Waals surface area contributed by atoms with Crippen LogP contribution in [-0.2, 0) is 26.1 Å². The third-order valence-corrected chi connectivity index (χ3v) is 6.71. The van der Waals surface area contributed by atoms with Gasteiger partial charge < -0.3 is 14.8 Å². The van der Waals surface area contributed by atoms with Gasteiger partial charge in [0.2, 0.25) is 10.0 Å². The number of sulfonamides is 1. The Bertz CT molecular complexity index is 961. The monoisotopic (exact) mass is 458 g/mol. The number of rotatable bonds is 7. The fourth-order valence-electron chi connectivity index (χ4n) is 2.69. The molecular weight excluding hydrogens is 439 g/mol. The summed E-state index contributed by atoms with van der Waals surface area (Å²) in [6.07, 6.45) is 0. The molecule has 3 rings (SSSR count). The Morgan fingerprint density at radius 1 is 1.10 bits per heavy atom. The number of hydrogen-bond donors (Lipinski definition) is 1. The van der Waals surface area contributed by atoms with Crippen LogP contribution in [0.2, 0.25) is 10.0 Å². The number of carbonyl (C=O) groups is 1. The molecule has 1 heterocycles. The van der Waals surface area contributed by atoms with Gasteiger partial charge in [-0.25, -0.2) is 8.42 Å². The van der Waals surface area contributed by atoms with Crippen molar-refractivity contribution in [2.75, 3.05) is 32.9 Å². The first kappa shape index (κ1) is 21.9. The number of nitrogens with zero attached hydrogens (tertiary/aromatic N) is 1. The summed E-state index contributed by atoms with van der Waals surface area (Å²) in [7, 11) is -3.65. The van der Waals surface area contributed by atoms with Crippen molar-refractivity contribution in [2.45, 2.75) is 11.4 Å². The zero-order valence-electron chi connectivity index (χ0n) is 15.4. The molecule has 10 heteroatoms. The maximum atomic E-state index is 12.7. The number of ether oxygens (including phenoxy) is 2. The first-order valence-electron chi connectivity index (χ1n) is 8.87. The standard InChI is InChI=1S/C19H20Cl2N2O5S/c20-15-3-1-14(2-4-15)12-22-19(24)13-28-18-6-5-16(11-17(18)21)29(25,26)23-7-9-27-10-8-23/h1-6,11H,7-10,12-13H2,(H,22,24). The lowest BCUT2D eigenvalue weighted by Gasteiger charge is -2.26. The zero-order valence-corrected chi connectivity index (χ0v) is 17.8. The maximum Gasteiger partial charge on any atom is 0.258 e. The van der Waals surface area contributed by atoms with Gasteiger partial charge >= 0.3 is 0 Å². The minimum Gasteiger partial charge on any atom is -0.482 e. The van der Waals surface area contributed by atoms with E-state index in [2.05, 4.69) is 5.32 Å². The van der Waals surface area contributed by atoms with Crippen molar-refractivity contribution in [3.63, 3.8) is 0 Å². The van der Waals surface area contributed by atoms with Crippen LogP contribution in [0.1, 0.15) is 5.56 Å². The summed E-state index contributed by atoms with van der Waals surface area (Å²) in [6, 6.07) is 11.3. The molecule has 0 aromatic heterocycles. The topological polar surface area (TPSA) is 84.9 Å². The van der Waals surface area contributed by atoms with Gasteiger partial charge in [-0.15, -0.1) is 0 Å². The molecule has 1 fully saturated rings. The lowest BCUT2D eigenvalue weighted by atomic mass is 10.2. The van der Waals surface area contributed by atoms with Gasteiger partial charge in [0.1, 0.15) is 5.75 Å². The molecule has 1 saturated heterocycles. The lowest BCUT2D eigenvalue weighted by molar-refractivity contribution is -0.123. The van der Waals surface area contributed by atoms with Crippen LogP contribution in [0.25, 0.3) is 0 Å². The Labute approximate surface area is 179 Å². The van der Waals surface area contributed by atoms with Gasteiger partial charge in [-0.1, -0.05) is 35.3 Å². The Balaban J connectivity index is 1.56. The molecule has 1 N–H and O–H groups in total. The minimum absolute atomic E-state index is 0.0731. The predicted molar refractivity (Wildman–Crippen MR) is 110 cm³/mol. The molecule has 1 aliphatic heterocycles. The Morgan fingerprint density at radius 2 is 1.79 bits per heavy atom. The van der Waals surface area contributed by atoms with Gasteiger partial charge in [0, 0.05) is 24.7 Å². The van der Waals surface area contributed by atoms with Gasteiger partial charge in [-0.2, -0.15) is 4.31 Å². The van der Waals surface area contributed by atoms with E-state index in [0.717, 1.165) is 5.56 Å². The van der Waals surface area contributed by atoms with Crippen LogP contribution in [-0.4, -0.2) is 51.5 Å². The highest BCUT2D eigenvalue weighted by molar-refractivity contribution is 7.89. The van der Waals surface area contributed by atoms with Crippen molar-refractivity contribution < 1.29 is 22.7 Å². The number of nitrogens with one attached hydrogen (secondary N) is 1. The second-order valence-corrected chi connectivity index (χ2v) is 9.08. The highest BCUT2D eigenvalue weighted by Crippen LogP contribution is 2.29. The van der Waals surface area contributed by atoms with Crippen molar-refractivity contribution in [3.05, 3.63) is 58.1 Å². The van der Waals surface area contributed by atoms with Crippen LogP contribution >= 0.6 is 23.2 Å². The molecule has 0 saturated carbocycles. The molecule has 0 radical (unpaired) electrons. The van der Waals surface area contributed by atoms with E-state index in [4.69, 9.17) is 32.7 Å². The third-order valence-electron chi connectivity index (χ3n) is 4.27. The van der Waals surface area contributed by atoms with E-state index in [-0.39, 0.29) is 28.2 Å². The van der Waals surface area contributed by atoms with Gasteiger partial charge in [0.05, 0.1) is 23.1 Å². The number of carbonyl (C=O) groups excluding carboxylic acids is 1. The predicted octanol–water partition coefficient (Wildman–Crippen LogP) is 2.71.